The monoisotopic (exact) mass is 328 g/mol. The van der Waals surface area contributed by atoms with Gasteiger partial charge >= 0.3 is 0 Å². The second kappa shape index (κ2) is 5.83. The number of carbonyl (C=O) groups is 1. The Balaban J connectivity index is 2.19. The van der Waals surface area contributed by atoms with E-state index in [0.717, 1.165) is 27.3 Å². The molecule has 3 rings (SSSR count). The van der Waals surface area contributed by atoms with Crippen molar-refractivity contribution in [1.82, 2.24) is 14.2 Å². The number of carbonyl (C=O) groups excluding carboxylic acids is 1. The first kappa shape index (κ1) is 14.6. The largest absolute Gasteiger partial charge is 0.305 e. The van der Waals surface area contributed by atoms with Gasteiger partial charge in [-0.2, -0.15) is 4.99 Å². The fraction of sp³-hybridized carbons (Fsp3) is 0.200. The molecule has 0 saturated heterocycles. The van der Waals surface area contributed by atoms with Crippen molar-refractivity contribution in [1.29, 1.82) is 0 Å². The Morgan fingerprint density at radius 3 is 2.95 bits per heavy atom. The van der Waals surface area contributed by atoms with Crippen LogP contribution >= 0.6 is 22.9 Å². The van der Waals surface area contributed by atoms with Crippen molar-refractivity contribution in [2.75, 3.05) is 0 Å². The Kier molecular flexibility index (Phi) is 3.88. The molecule has 2 aromatic heterocycles. The third-order valence-electron chi connectivity index (χ3n) is 3.13. The third-order valence-corrected chi connectivity index (χ3v) is 4.99. The highest BCUT2D eigenvalue weighted by Gasteiger charge is 2.13. The van der Waals surface area contributed by atoms with Gasteiger partial charge in [-0.15, -0.1) is 11.5 Å². The molecule has 1 aromatic carbocycles. The summed E-state index contributed by atoms with van der Waals surface area (Å²) >= 11 is 2.51. The molecule has 0 aliphatic carbocycles. The minimum absolute atomic E-state index is 0.332. The quantitative estimate of drug-likeness (QED) is 0.679. The van der Waals surface area contributed by atoms with Gasteiger partial charge in [-0.05, 0) is 43.1 Å². The Morgan fingerprint density at radius 2 is 2.27 bits per heavy atom. The van der Waals surface area contributed by atoms with Crippen molar-refractivity contribution < 1.29 is 4.79 Å². The number of aromatic nitrogens is 3. The number of thiazole rings is 1. The summed E-state index contributed by atoms with van der Waals surface area (Å²) in [7, 11) is 0. The number of fused-ring (bicyclic) bond motifs is 1. The number of hydrogen-bond donors (Lipinski definition) is 0. The van der Waals surface area contributed by atoms with E-state index in [-0.39, 0.29) is 5.91 Å². The van der Waals surface area contributed by atoms with Gasteiger partial charge in [0.25, 0.3) is 5.91 Å². The van der Waals surface area contributed by atoms with Gasteiger partial charge in [0.2, 0.25) is 0 Å². The van der Waals surface area contributed by atoms with E-state index in [1.54, 1.807) is 6.92 Å². The minimum Gasteiger partial charge on any atom is -0.305 e. The Bertz CT molecular complexity index is 971. The SMILES string of the molecule is C#CCn1c(=NC(=O)c2snnc2C)sc2cc(C)ccc21. The van der Waals surface area contributed by atoms with Gasteiger partial charge in [0.1, 0.15) is 4.88 Å². The van der Waals surface area contributed by atoms with E-state index in [1.165, 1.54) is 11.3 Å². The summed E-state index contributed by atoms with van der Waals surface area (Å²) in [5, 5.41) is 3.84. The lowest BCUT2D eigenvalue weighted by Crippen LogP contribution is -2.16. The molecule has 3 aromatic rings. The molecule has 5 nitrogen and oxygen atoms in total. The van der Waals surface area contributed by atoms with Crippen LogP contribution in [-0.2, 0) is 6.54 Å². The van der Waals surface area contributed by atoms with E-state index in [0.29, 0.717) is 21.9 Å². The van der Waals surface area contributed by atoms with E-state index >= 15 is 0 Å². The molecule has 110 valence electrons. The van der Waals surface area contributed by atoms with Gasteiger partial charge in [-0.3, -0.25) is 4.79 Å². The van der Waals surface area contributed by atoms with Crippen molar-refractivity contribution >= 4 is 39.0 Å². The number of benzene rings is 1. The predicted octanol–water partition coefficient (Wildman–Crippen LogP) is 2.55. The highest BCUT2D eigenvalue weighted by molar-refractivity contribution is 7.16. The van der Waals surface area contributed by atoms with Crippen molar-refractivity contribution in [3.05, 3.63) is 39.1 Å². The van der Waals surface area contributed by atoms with Crippen LogP contribution < -0.4 is 4.80 Å². The van der Waals surface area contributed by atoms with Crippen LogP contribution in [0.2, 0.25) is 0 Å². The minimum atomic E-state index is -0.332. The molecule has 1 amide bonds. The molecule has 0 aliphatic rings. The van der Waals surface area contributed by atoms with Gasteiger partial charge in [-0.1, -0.05) is 27.8 Å². The normalized spacial score (nSPS) is 11.8. The number of aryl methyl sites for hydroxylation is 2. The summed E-state index contributed by atoms with van der Waals surface area (Å²) in [5.41, 5.74) is 2.74. The maximum Gasteiger partial charge on any atom is 0.293 e. The summed E-state index contributed by atoms with van der Waals surface area (Å²) in [6.07, 6.45) is 5.45. The molecule has 0 aliphatic heterocycles. The van der Waals surface area contributed by atoms with E-state index in [4.69, 9.17) is 6.42 Å². The van der Waals surface area contributed by atoms with Gasteiger partial charge in [0.15, 0.2) is 4.80 Å². The lowest BCUT2D eigenvalue weighted by molar-refractivity contribution is 0.100. The van der Waals surface area contributed by atoms with Crippen molar-refractivity contribution in [2.24, 2.45) is 4.99 Å². The van der Waals surface area contributed by atoms with Crippen LogP contribution in [0.25, 0.3) is 10.2 Å². The van der Waals surface area contributed by atoms with Gasteiger partial charge in [0.05, 0.1) is 22.5 Å². The summed E-state index contributed by atoms with van der Waals surface area (Å²) in [6.45, 7) is 4.14. The smallest absolute Gasteiger partial charge is 0.293 e. The second-order valence-electron chi connectivity index (χ2n) is 4.75. The summed E-state index contributed by atoms with van der Waals surface area (Å²) in [6, 6.07) is 6.09. The van der Waals surface area contributed by atoms with Crippen molar-refractivity contribution in [2.45, 2.75) is 20.4 Å². The molecule has 0 atom stereocenters. The average molecular weight is 328 g/mol. The maximum absolute atomic E-state index is 12.3. The maximum atomic E-state index is 12.3. The lowest BCUT2D eigenvalue weighted by Gasteiger charge is -1.99. The Morgan fingerprint density at radius 1 is 1.45 bits per heavy atom. The molecule has 22 heavy (non-hydrogen) atoms. The van der Waals surface area contributed by atoms with Crippen LogP contribution in [0.1, 0.15) is 20.9 Å². The highest BCUT2D eigenvalue weighted by atomic mass is 32.1. The Hall–Kier alpha value is -2.30. The van der Waals surface area contributed by atoms with Crippen molar-refractivity contribution in [3.8, 4) is 12.3 Å². The third kappa shape index (κ3) is 2.58. The number of nitrogens with zero attached hydrogens (tertiary/aromatic N) is 4. The molecule has 7 heteroatoms. The first-order valence-electron chi connectivity index (χ1n) is 6.51. The fourth-order valence-corrected chi connectivity index (χ4v) is 3.74. The molecule has 0 unspecified atom stereocenters. The van der Waals surface area contributed by atoms with E-state index < -0.39 is 0 Å². The first-order valence-corrected chi connectivity index (χ1v) is 8.10. The molecule has 0 N–H and O–H groups in total. The first-order chi connectivity index (χ1) is 10.6. The van der Waals surface area contributed by atoms with E-state index in [1.807, 2.05) is 23.6 Å². The molecular formula is C15H12N4OS2. The van der Waals surface area contributed by atoms with Crippen LogP contribution in [0.3, 0.4) is 0 Å². The van der Waals surface area contributed by atoms with Crippen LogP contribution in [0, 0.1) is 26.2 Å². The van der Waals surface area contributed by atoms with E-state index in [9.17, 15) is 4.79 Å². The predicted molar refractivity (Wildman–Crippen MR) is 87.9 cm³/mol. The molecule has 0 spiro atoms. The molecule has 0 fully saturated rings. The zero-order chi connectivity index (χ0) is 15.7. The Labute approximate surface area is 135 Å². The molecular weight excluding hydrogens is 316 g/mol. The van der Waals surface area contributed by atoms with Crippen LogP contribution in [0.4, 0.5) is 0 Å². The zero-order valence-electron chi connectivity index (χ0n) is 12.0. The van der Waals surface area contributed by atoms with Gasteiger partial charge < -0.3 is 4.57 Å². The van der Waals surface area contributed by atoms with Crippen molar-refractivity contribution in [3.63, 3.8) is 0 Å². The lowest BCUT2D eigenvalue weighted by atomic mass is 10.2. The standard InChI is InChI=1S/C15H12N4OS2/c1-4-7-19-11-6-5-9(2)8-12(11)21-15(19)16-14(20)13-10(3)17-18-22-13/h1,5-6,8H,7H2,2-3H3. The van der Waals surface area contributed by atoms with E-state index in [2.05, 4.69) is 26.6 Å². The topological polar surface area (TPSA) is 60.1 Å². The van der Waals surface area contributed by atoms with Gasteiger partial charge in [-0.25, -0.2) is 0 Å². The van der Waals surface area contributed by atoms with Gasteiger partial charge in [0, 0.05) is 0 Å². The zero-order valence-corrected chi connectivity index (χ0v) is 13.7. The van der Waals surface area contributed by atoms with Crippen LogP contribution in [-0.4, -0.2) is 20.1 Å². The molecule has 2 heterocycles. The average Bonchev–Trinajstić information content (AvgIpc) is 3.03. The number of terminal acetylenes is 1. The van der Waals surface area contributed by atoms with Crippen LogP contribution in [0.15, 0.2) is 23.2 Å². The fourth-order valence-electron chi connectivity index (χ4n) is 2.08. The number of hydrogen-bond acceptors (Lipinski definition) is 5. The number of amides is 1. The molecule has 0 saturated carbocycles. The van der Waals surface area contributed by atoms with Crippen LogP contribution in [0.5, 0.6) is 0 Å². The second-order valence-corrected chi connectivity index (χ2v) is 6.51. The highest BCUT2D eigenvalue weighted by Crippen LogP contribution is 2.19. The summed E-state index contributed by atoms with van der Waals surface area (Å²) < 4.78 is 6.71. The summed E-state index contributed by atoms with van der Waals surface area (Å²) in [4.78, 5) is 17.6. The molecule has 0 radical (unpaired) electrons. The molecule has 0 bridgehead atoms. The number of rotatable bonds is 2. The summed E-state index contributed by atoms with van der Waals surface area (Å²) in [5.74, 6) is 2.28.